The quantitative estimate of drug-likeness (QED) is 0.206. The van der Waals surface area contributed by atoms with E-state index in [0.29, 0.717) is 11.8 Å². The molecule has 0 spiro atoms. The summed E-state index contributed by atoms with van der Waals surface area (Å²) >= 11 is 0. The van der Waals surface area contributed by atoms with E-state index in [-0.39, 0.29) is 6.17 Å². The molecule has 1 N–H and O–H groups in total. The maximum atomic E-state index is 6.81. The number of anilines is 3. The molecule has 7 aromatic rings. The number of nitrogens with zero attached hydrogens (tertiary/aromatic N) is 1. The van der Waals surface area contributed by atoms with Crippen molar-refractivity contribution in [1.82, 2.24) is 0 Å². The smallest absolute Gasteiger partial charge is 0.142 e. The van der Waals surface area contributed by atoms with Crippen molar-refractivity contribution in [2.24, 2.45) is 0 Å². The highest BCUT2D eigenvalue weighted by Crippen LogP contribution is 2.52. The number of para-hydroxylation sites is 3. The van der Waals surface area contributed by atoms with Crippen LogP contribution < -0.4 is 10.2 Å². The molecule has 1 aliphatic heterocycles. The summed E-state index contributed by atoms with van der Waals surface area (Å²) in [6.45, 7) is 9.25. The van der Waals surface area contributed by atoms with Crippen LogP contribution in [0, 0.1) is 0 Å². The van der Waals surface area contributed by atoms with Gasteiger partial charge in [0.2, 0.25) is 0 Å². The third kappa shape index (κ3) is 4.66. The summed E-state index contributed by atoms with van der Waals surface area (Å²) in [5.41, 5.74) is 14.1. The van der Waals surface area contributed by atoms with E-state index in [1.54, 1.807) is 0 Å². The fourth-order valence-corrected chi connectivity index (χ4v) is 7.10. The van der Waals surface area contributed by atoms with Gasteiger partial charge in [0, 0.05) is 16.3 Å². The Morgan fingerprint density at radius 2 is 1.20 bits per heavy atom. The monoisotopic (exact) mass is 598 g/mol. The summed E-state index contributed by atoms with van der Waals surface area (Å²) in [5, 5.41) is 6.19. The van der Waals surface area contributed by atoms with Crippen LogP contribution in [-0.4, -0.2) is 0 Å². The van der Waals surface area contributed by atoms with E-state index in [1.165, 1.54) is 39.2 Å². The molecule has 8 rings (SSSR count). The number of furan rings is 1. The minimum Gasteiger partial charge on any atom is -0.456 e. The van der Waals surface area contributed by atoms with E-state index in [4.69, 9.17) is 4.42 Å². The maximum absolute atomic E-state index is 6.81. The molecule has 0 saturated carbocycles. The third-order valence-electron chi connectivity index (χ3n) is 9.41. The Kier molecular flexibility index (Phi) is 6.91. The summed E-state index contributed by atoms with van der Waals surface area (Å²) in [6.07, 6.45) is -0.146. The van der Waals surface area contributed by atoms with E-state index < -0.39 is 0 Å². The molecule has 3 nitrogen and oxygen atoms in total. The summed E-state index contributed by atoms with van der Waals surface area (Å²) in [7, 11) is 0. The average molecular weight is 599 g/mol. The van der Waals surface area contributed by atoms with Crippen LogP contribution in [0.1, 0.15) is 62.4 Å². The Morgan fingerprint density at radius 1 is 0.565 bits per heavy atom. The SMILES string of the molecule is CC(C)c1cc(-c2ccccc2)cc(C(C)C)c1N1c2ccccc2NC1c1cccc2c1oc1cc(-c3ccccc3)ccc12. The highest BCUT2D eigenvalue weighted by Gasteiger charge is 2.36. The van der Waals surface area contributed by atoms with Crippen molar-refractivity contribution in [2.75, 3.05) is 10.2 Å². The van der Waals surface area contributed by atoms with Gasteiger partial charge in [0.25, 0.3) is 0 Å². The molecule has 0 bridgehead atoms. The summed E-state index contributed by atoms with van der Waals surface area (Å²) in [4.78, 5) is 2.53. The molecule has 0 amide bonds. The first-order chi connectivity index (χ1) is 22.5. The molecule has 46 heavy (non-hydrogen) atoms. The van der Waals surface area contributed by atoms with Gasteiger partial charge in [0.1, 0.15) is 17.3 Å². The summed E-state index contributed by atoms with van der Waals surface area (Å²) < 4.78 is 6.81. The third-order valence-corrected chi connectivity index (χ3v) is 9.41. The lowest BCUT2D eigenvalue weighted by Crippen LogP contribution is -2.26. The summed E-state index contributed by atoms with van der Waals surface area (Å²) in [5.74, 6) is 0.644. The molecule has 0 fully saturated rings. The molecule has 1 unspecified atom stereocenters. The van der Waals surface area contributed by atoms with Crippen molar-refractivity contribution in [3.8, 4) is 22.3 Å². The molecular formula is C43H38N2O. The zero-order valence-corrected chi connectivity index (χ0v) is 26.8. The van der Waals surface area contributed by atoms with E-state index in [1.807, 2.05) is 0 Å². The van der Waals surface area contributed by atoms with Crippen LogP contribution in [-0.2, 0) is 0 Å². The average Bonchev–Trinajstić information content (AvgIpc) is 3.66. The molecule has 3 heteroatoms. The molecule has 0 saturated heterocycles. The van der Waals surface area contributed by atoms with Crippen LogP contribution in [0.4, 0.5) is 17.1 Å². The van der Waals surface area contributed by atoms with Gasteiger partial charge in [0.15, 0.2) is 0 Å². The lowest BCUT2D eigenvalue weighted by molar-refractivity contribution is 0.655. The normalized spacial score (nSPS) is 14.4. The first kappa shape index (κ1) is 28.2. The van der Waals surface area contributed by atoms with Crippen LogP contribution in [0.5, 0.6) is 0 Å². The van der Waals surface area contributed by atoms with Crippen molar-refractivity contribution in [3.63, 3.8) is 0 Å². The molecule has 6 aromatic carbocycles. The van der Waals surface area contributed by atoms with Gasteiger partial charge in [-0.2, -0.15) is 0 Å². The highest BCUT2D eigenvalue weighted by molar-refractivity contribution is 6.07. The second kappa shape index (κ2) is 11.3. The molecule has 1 aromatic heterocycles. The first-order valence-electron chi connectivity index (χ1n) is 16.4. The van der Waals surface area contributed by atoms with Gasteiger partial charge in [-0.3, -0.25) is 0 Å². The zero-order chi connectivity index (χ0) is 31.4. The van der Waals surface area contributed by atoms with E-state index in [9.17, 15) is 0 Å². The van der Waals surface area contributed by atoms with E-state index in [0.717, 1.165) is 38.8 Å². The predicted molar refractivity (Wildman–Crippen MR) is 194 cm³/mol. The number of nitrogens with one attached hydrogen (secondary N) is 1. The first-order valence-corrected chi connectivity index (χ1v) is 16.4. The number of hydrogen-bond acceptors (Lipinski definition) is 3. The zero-order valence-electron chi connectivity index (χ0n) is 26.8. The van der Waals surface area contributed by atoms with E-state index >= 15 is 0 Å². The Bertz CT molecular complexity index is 2170. The Hall–Kier alpha value is -5.28. The van der Waals surface area contributed by atoms with Crippen molar-refractivity contribution >= 4 is 39.0 Å². The molecule has 226 valence electrons. The maximum Gasteiger partial charge on any atom is 0.142 e. The predicted octanol–water partition coefficient (Wildman–Crippen LogP) is 12.4. The van der Waals surface area contributed by atoms with Crippen molar-refractivity contribution < 1.29 is 4.42 Å². The Morgan fingerprint density at radius 3 is 1.87 bits per heavy atom. The van der Waals surface area contributed by atoms with Crippen molar-refractivity contribution in [1.29, 1.82) is 0 Å². The van der Waals surface area contributed by atoms with Gasteiger partial charge in [-0.05, 0) is 81.6 Å². The van der Waals surface area contributed by atoms with Gasteiger partial charge in [-0.25, -0.2) is 0 Å². The van der Waals surface area contributed by atoms with Gasteiger partial charge < -0.3 is 14.6 Å². The number of benzene rings is 6. The second-order valence-corrected chi connectivity index (χ2v) is 13.0. The van der Waals surface area contributed by atoms with Crippen LogP contribution in [0.3, 0.4) is 0 Å². The van der Waals surface area contributed by atoms with Crippen LogP contribution in [0.15, 0.2) is 138 Å². The Labute approximate surface area is 271 Å². The molecule has 2 heterocycles. The van der Waals surface area contributed by atoms with Crippen LogP contribution in [0.25, 0.3) is 44.2 Å². The number of hydrogen-bond donors (Lipinski definition) is 1. The van der Waals surface area contributed by atoms with Gasteiger partial charge in [-0.1, -0.05) is 125 Å². The number of fused-ring (bicyclic) bond motifs is 4. The fourth-order valence-electron chi connectivity index (χ4n) is 7.10. The van der Waals surface area contributed by atoms with Crippen LogP contribution in [0.2, 0.25) is 0 Å². The molecule has 1 aliphatic rings. The molecular weight excluding hydrogens is 560 g/mol. The molecule has 0 radical (unpaired) electrons. The lowest BCUT2D eigenvalue weighted by atomic mass is 9.87. The van der Waals surface area contributed by atoms with E-state index in [2.05, 4.69) is 171 Å². The fraction of sp³-hybridized carbons (Fsp3) is 0.163. The Balaban J connectivity index is 1.34. The second-order valence-electron chi connectivity index (χ2n) is 13.0. The number of rotatable bonds is 6. The topological polar surface area (TPSA) is 28.4 Å². The molecule has 0 aliphatic carbocycles. The summed E-state index contributed by atoms with van der Waals surface area (Å²) in [6, 6.07) is 48.0. The standard InChI is InChI=1S/C43H38N2O/c1-27(2)36-24-32(30-16-9-6-10-17-30)25-37(28(3)4)41(36)45-39-21-12-11-20-38(39)44-43(45)35-19-13-18-34-33-23-22-31(26-40(33)46-42(34)35)29-14-7-5-8-15-29/h5-28,43-44H,1-4H3. The van der Waals surface area contributed by atoms with Gasteiger partial charge in [0.05, 0.1) is 17.1 Å². The largest absolute Gasteiger partial charge is 0.456 e. The highest BCUT2D eigenvalue weighted by atomic mass is 16.3. The van der Waals surface area contributed by atoms with Gasteiger partial charge >= 0.3 is 0 Å². The van der Waals surface area contributed by atoms with Crippen molar-refractivity contribution in [2.45, 2.75) is 45.7 Å². The molecule has 1 atom stereocenters. The van der Waals surface area contributed by atoms with Gasteiger partial charge in [-0.15, -0.1) is 0 Å². The van der Waals surface area contributed by atoms with Crippen LogP contribution >= 0.6 is 0 Å². The van der Waals surface area contributed by atoms with Crippen molar-refractivity contribution in [3.05, 3.63) is 150 Å². The lowest BCUT2D eigenvalue weighted by Gasteiger charge is -2.34. The minimum atomic E-state index is -0.146. The minimum absolute atomic E-state index is 0.146.